The number of hydrogen-bond acceptors (Lipinski definition) is 1. The molecule has 2 N–H and O–H groups in total. The molecule has 1 heteroatoms. The Labute approximate surface area is 102 Å². The lowest BCUT2D eigenvalue weighted by Crippen LogP contribution is -1.99. The first kappa shape index (κ1) is 10.3. The molecule has 0 unspecified atom stereocenters. The van der Waals surface area contributed by atoms with E-state index in [1.807, 2.05) is 6.07 Å². The zero-order valence-corrected chi connectivity index (χ0v) is 9.56. The topological polar surface area (TPSA) is 26.0 Å². The van der Waals surface area contributed by atoms with E-state index in [1.165, 1.54) is 27.8 Å². The molecule has 1 aliphatic rings. The number of rotatable bonds is 2. The summed E-state index contributed by atoms with van der Waals surface area (Å²) in [7, 11) is 0. The van der Waals surface area contributed by atoms with Crippen LogP contribution in [0.3, 0.4) is 0 Å². The molecular formula is C16H14N. The quantitative estimate of drug-likeness (QED) is 0.824. The molecule has 0 saturated carbocycles. The van der Waals surface area contributed by atoms with Crippen LogP contribution in [0.15, 0.2) is 48.5 Å². The van der Waals surface area contributed by atoms with Crippen LogP contribution in [0.2, 0.25) is 0 Å². The lowest BCUT2D eigenvalue weighted by atomic mass is 9.94. The van der Waals surface area contributed by atoms with Crippen molar-refractivity contribution in [2.45, 2.75) is 6.54 Å². The van der Waals surface area contributed by atoms with Gasteiger partial charge in [0.2, 0.25) is 0 Å². The maximum absolute atomic E-state index is 5.81. The standard InChI is InChI=1S/C16H14N/c17-11-13-5-1-2-8-15(13)16-10-4-7-12-6-3-9-14(12)16/h1-10H,11,17H2. The molecule has 0 spiro atoms. The van der Waals surface area contributed by atoms with Gasteiger partial charge < -0.3 is 5.73 Å². The zero-order valence-electron chi connectivity index (χ0n) is 9.56. The first-order valence-electron chi connectivity index (χ1n) is 5.83. The normalized spacial score (nSPS) is 12.8. The molecule has 0 aromatic heterocycles. The minimum atomic E-state index is 0.577. The molecular weight excluding hydrogens is 206 g/mol. The lowest BCUT2D eigenvalue weighted by Gasteiger charge is -2.11. The van der Waals surface area contributed by atoms with Gasteiger partial charge in [0.25, 0.3) is 0 Å². The second kappa shape index (κ2) is 4.19. The van der Waals surface area contributed by atoms with Gasteiger partial charge in [-0.2, -0.15) is 0 Å². The van der Waals surface area contributed by atoms with Crippen molar-refractivity contribution in [1.82, 2.24) is 0 Å². The maximum Gasteiger partial charge on any atom is 0.0184 e. The molecule has 0 heterocycles. The Hall–Kier alpha value is -1.86. The summed E-state index contributed by atoms with van der Waals surface area (Å²) in [6.07, 6.45) is 6.40. The average molecular weight is 220 g/mol. The number of benzene rings is 2. The van der Waals surface area contributed by atoms with Gasteiger partial charge >= 0.3 is 0 Å². The largest absolute Gasteiger partial charge is 0.326 e. The van der Waals surface area contributed by atoms with Gasteiger partial charge in [-0.1, -0.05) is 54.6 Å². The molecule has 0 atom stereocenters. The molecule has 1 radical (unpaired) electrons. The van der Waals surface area contributed by atoms with Crippen molar-refractivity contribution >= 4 is 6.08 Å². The highest BCUT2D eigenvalue weighted by atomic mass is 14.5. The second-order valence-corrected chi connectivity index (χ2v) is 4.20. The number of allylic oxidation sites excluding steroid dienone is 1. The van der Waals surface area contributed by atoms with Crippen LogP contribution < -0.4 is 5.73 Å². The van der Waals surface area contributed by atoms with E-state index < -0.39 is 0 Å². The first-order valence-corrected chi connectivity index (χ1v) is 5.83. The van der Waals surface area contributed by atoms with Gasteiger partial charge in [-0.15, -0.1) is 0 Å². The highest BCUT2D eigenvalue weighted by Crippen LogP contribution is 2.33. The summed E-state index contributed by atoms with van der Waals surface area (Å²) >= 11 is 0. The predicted octanol–water partition coefficient (Wildman–Crippen LogP) is 3.39. The fourth-order valence-corrected chi connectivity index (χ4v) is 2.36. The van der Waals surface area contributed by atoms with E-state index in [0.717, 1.165) is 0 Å². The third kappa shape index (κ3) is 1.69. The fourth-order valence-electron chi connectivity index (χ4n) is 2.36. The molecule has 2 aromatic carbocycles. The van der Waals surface area contributed by atoms with Crippen molar-refractivity contribution in [3.63, 3.8) is 0 Å². The summed E-state index contributed by atoms with van der Waals surface area (Å²) in [5.74, 6) is 0. The van der Waals surface area contributed by atoms with E-state index in [1.54, 1.807) is 0 Å². The van der Waals surface area contributed by atoms with Gasteiger partial charge in [-0.05, 0) is 27.8 Å². The minimum Gasteiger partial charge on any atom is -0.326 e. The SMILES string of the molecule is NCc1ccccc1-c1cccc2c1C=C[CH]2. The van der Waals surface area contributed by atoms with Gasteiger partial charge in [0.05, 0.1) is 0 Å². The van der Waals surface area contributed by atoms with Gasteiger partial charge in [0, 0.05) is 13.0 Å². The monoisotopic (exact) mass is 220 g/mol. The molecule has 2 aromatic rings. The lowest BCUT2D eigenvalue weighted by molar-refractivity contribution is 1.07. The van der Waals surface area contributed by atoms with Gasteiger partial charge in [-0.25, -0.2) is 0 Å². The van der Waals surface area contributed by atoms with Crippen LogP contribution in [0.1, 0.15) is 16.7 Å². The van der Waals surface area contributed by atoms with E-state index in [0.29, 0.717) is 6.54 Å². The summed E-state index contributed by atoms with van der Waals surface area (Å²) in [6, 6.07) is 14.7. The summed E-state index contributed by atoms with van der Waals surface area (Å²) in [5, 5.41) is 0. The summed E-state index contributed by atoms with van der Waals surface area (Å²) in [5.41, 5.74) is 12.1. The van der Waals surface area contributed by atoms with Crippen LogP contribution in [0, 0.1) is 6.42 Å². The summed E-state index contributed by atoms with van der Waals surface area (Å²) in [4.78, 5) is 0. The highest BCUT2D eigenvalue weighted by Gasteiger charge is 2.12. The average Bonchev–Trinajstić information content (AvgIpc) is 2.86. The Morgan fingerprint density at radius 2 is 1.71 bits per heavy atom. The molecule has 1 aliphatic carbocycles. The number of fused-ring (bicyclic) bond motifs is 1. The van der Waals surface area contributed by atoms with E-state index in [2.05, 4.69) is 55.0 Å². The van der Waals surface area contributed by atoms with Crippen LogP contribution in [-0.4, -0.2) is 0 Å². The third-order valence-corrected chi connectivity index (χ3v) is 3.21. The molecule has 3 rings (SSSR count). The Morgan fingerprint density at radius 3 is 2.59 bits per heavy atom. The van der Waals surface area contributed by atoms with Gasteiger partial charge in [-0.3, -0.25) is 0 Å². The van der Waals surface area contributed by atoms with Crippen molar-refractivity contribution < 1.29 is 0 Å². The predicted molar refractivity (Wildman–Crippen MR) is 72.2 cm³/mol. The Balaban J connectivity index is 2.22. The highest BCUT2D eigenvalue weighted by molar-refractivity contribution is 5.82. The van der Waals surface area contributed by atoms with E-state index >= 15 is 0 Å². The maximum atomic E-state index is 5.81. The zero-order chi connectivity index (χ0) is 11.7. The molecule has 0 saturated heterocycles. The van der Waals surface area contributed by atoms with E-state index in [9.17, 15) is 0 Å². The summed E-state index contributed by atoms with van der Waals surface area (Å²) < 4.78 is 0. The Morgan fingerprint density at radius 1 is 0.882 bits per heavy atom. The third-order valence-electron chi connectivity index (χ3n) is 3.21. The van der Waals surface area contributed by atoms with Crippen molar-refractivity contribution in [2.24, 2.45) is 5.73 Å². The fraction of sp³-hybridized carbons (Fsp3) is 0.0625. The molecule has 0 bridgehead atoms. The van der Waals surface area contributed by atoms with Crippen molar-refractivity contribution in [1.29, 1.82) is 0 Å². The molecule has 0 fully saturated rings. The van der Waals surface area contributed by atoms with Gasteiger partial charge in [0.15, 0.2) is 0 Å². The molecule has 1 nitrogen and oxygen atoms in total. The van der Waals surface area contributed by atoms with Crippen LogP contribution >= 0.6 is 0 Å². The van der Waals surface area contributed by atoms with Crippen LogP contribution in [0.5, 0.6) is 0 Å². The van der Waals surface area contributed by atoms with Crippen molar-refractivity contribution in [3.05, 3.63) is 71.7 Å². The Kier molecular flexibility index (Phi) is 2.54. The van der Waals surface area contributed by atoms with E-state index in [4.69, 9.17) is 5.73 Å². The van der Waals surface area contributed by atoms with Gasteiger partial charge in [0.1, 0.15) is 0 Å². The molecule has 0 aliphatic heterocycles. The van der Waals surface area contributed by atoms with E-state index in [-0.39, 0.29) is 0 Å². The molecule has 0 amide bonds. The van der Waals surface area contributed by atoms with Crippen LogP contribution in [0.4, 0.5) is 0 Å². The minimum absolute atomic E-state index is 0.577. The summed E-state index contributed by atoms with van der Waals surface area (Å²) in [6.45, 7) is 0.577. The smallest absolute Gasteiger partial charge is 0.0184 e. The Bertz CT molecular complexity index is 582. The number of nitrogens with two attached hydrogens (primary N) is 1. The van der Waals surface area contributed by atoms with Crippen LogP contribution in [-0.2, 0) is 6.54 Å². The van der Waals surface area contributed by atoms with Crippen LogP contribution in [0.25, 0.3) is 17.2 Å². The second-order valence-electron chi connectivity index (χ2n) is 4.20. The van der Waals surface area contributed by atoms with Crippen molar-refractivity contribution in [3.8, 4) is 11.1 Å². The number of hydrogen-bond donors (Lipinski definition) is 1. The first-order chi connectivity index (χ1) is 8.40. The molecule has 17 heavy (non-hydrogen) atoms. The molecule has 83 valence electrons. The van der Waals surface area contributed by atoms with Crippen molar-refractivity contribution in [2.75, 3.05) is 0 Å².